The summed E-state index contributed by atoms with van der Waals surface area (Å²) in [7, 11) is 0. The van der Waals surface area contributed by atoms with Crippen molar-refractivity contribution in [1.29, 1.82) is 0 Å². The number of hydrogen-bond donors (Lipinski definition) is 3. The molecule has 0 bridgehead atoms. The van der Waals surface area contributed by atoms with E-state index in [1.807, 2.05) is 75.3 Å². The van der Waals surface area contributed by atoms with Crippen LogP contribution in [-0.2, 0) is 34.2 Å². The van der Waals surface area contributed by atoms with E-state index in [4.69, 9.17) is 35.3 Å². The van der Waals surface area contributed by atoms with Gasteiger partial charge in [-0.15, -0.1) is 0 Å². The van der Waals surface area contributed by atoms with E-state index < -0.39 is 17.5 Å². The molecule has 0 unspecified atom stereocenters. The summed E-state index contributed by atoms with van der Waals surface area (Å²) in [6, 6.07) is 27.1. The van der Waals surface area contributed by atoms with Gasteiger partial charge in [0.2, 0.25) is 0 Å². The second-order valence-electron chi connectivity index (χ2n) is 16.8. The molecule has 0 heterocycles. The van der Waals surface area contributed by atoms with Crippen LogP contribution in [0.4, 0.5) is 0 Å². The van der Waals surface area contributed by atoms with Crippen LogP contribution in [0, 0.1) is 0 Å². The highest BCUT2D eigenvalue weighted by molar-refractivity contribution is 5.92. The van der Waals surface area contributed by atoms with Crippen LogP contribution >= 0.6 is 0 Å². The van der Waals surface area contributed by atoms with Gasteiger partial charge < -0.3 is 0 Å². The third-order valence-electron chi connectivity index (χ3n) is 6.32. The number of hydrogen-bond acceptors (Lipinski definition) is 12. The quantitative estimate of drug-likeness (QED) is 0.132. The van der Waals surface area contributed by atoms with Crippen molar-refractivity contribution >= 4 is 11.9 Å². The highest BCUT2D eigenvalue weighted by Gasteiger charge is 2.30. The Morgan fingerprint density at radius 3 is 0.982 bits per heavy atom. The van der Waals surface area contributed by atoms with E-state index in [9.17, 15) is 9.59 Å². The van der Waals surface area contributed by atoms with Crippen molar-refractivity contribution in [2.45, 2.75) is 151 Å². The zero-order chi connectivity index (χ0) is 42.9. The lowest BCUT2D eigenvalue weighted by Gasteiger charge is -2.33. The van der Waals surface area contributed by atoms with Crippen molar-refractivity contribution in [3.63, 3.8) is 0 Å². The highest BCUT2D eigenvalue weighted by Crippen LogP contribution is 2.28. The predicted molar refractivity (Wildman–Crippen MR) is 214 cm³/mol. The lowest BCUT2D eigenvalue weighted by Crippen LogP contribution is -2.35. The van der Waals surface area contributed by atoms with Gasteiger partial charge in [0, 0.05) is 0 Å². The van der Waals surface area contributed by atoms with E-state index in [1.54, 1.807) is 81.4 Å². The van der Waals surface area contributed by atoms with E-state index in [0.717, 1.165) is 12.8 Å². The van der Waals surface area contributed by atoms with Gasteiger partial charge in [-0.05, 0) is 139 Å². The molecular formula is C43H68O12. The van der Waals surface area contributed by atoms with Gasteiger partial charge >= 0.3 is 11.9 Å². The number of benzene rings is 3. The summed E-state index contributed by atoms with van der Waals surface area (Å²) >= 11 is 0. The standard InChI is InChI=1S/C16H34O4.C14H10O4.C9H12.C4H10O2.H2O2/c1-13(2,3)17-19-15(7,8)11-12-16(9,10)20-18-14(4,5)6;15-13(11-7-3-1-4-8-11)17-18-14(16)12-9-5-2-6-10-12;1-8(2)9-6-4-3-5-7-9;1-4(2,3)6-5;1-2/h11-12H2,1-10H3;1-10H;3-8H,1-2H3;5H,1-3H3;1-2H. The van der Waals surface area contributed by atoms with E-state index in [0.29, 0.717) is 17.0 Å². The molecular weight excluding hydrogens is 708 g/mol. The van der Waals surface area contributed by atoms with Crippen LogP contribution in [0.5, 0.6) is 0 Å². The third kappa shape index (κ3) is 31.2. The fourth-order valence-electron chi connectivity index (χ4n) is 3.32. The molecule has 12 nitrogen and oxygen atoms in total. The van der Waals surface area contributed by atoms with Crippen LogP contribution < -0.4 is 0 Å². The second-order valence-corrected chi connectivity index (χ2v) is 16.8. The Labute approximate surface area is 329 Å². The minimum atomic E-state index is -0.708. The fourth-order valence-corrected chi connectivity index (χ4v) is 3.32. The maximum Gasteiger partial charge on any atom is 0.386 e. The minimum Gasteiger partial charge on any atom is -0.255 e. The molecule has 0 saturated heterocycles. The van der Waals surface area contributed by atoms with Crippen molar-refractivity contribution in [3.05, 3.63) is 108 Å². The van der Waals surface area contributed by atoms with Crippen LogP contribution in [0.15, 0.2) is 91.0 Å². The van der Waals surface area contributed by atoms with Crippen LogP contribution in [0.1, 0.15) is 149 Å². The van der Waals surface area contributed by atoms with Gasteiger partial charge in [0.25, 0.3) is 0 Å². The predicted octanol–water partition coefficient (Wildman–Crippen LogP) is 11.5. The highest BCUT2D eigenvalue weighted by atomic mass is 17.2. The average molecular weight is 777 g/mol. The van der Waals surface area contributed by atoms with Crippen LogP contribution in [0.3, 0.4) is 0 Å². The molecule has 0 aromatic heterocycles. The lowest BCUT2D eigenvalue weighted by atomic mass is 9.94. The topological polar surface area (TPSA) is 159 Å². The molecule has 0 amide bonds. The summed E-state index contributed by atoms with van der Waals surface area (Å²) in [4.78, 5) is 57.7. The van der Waals surface area contributed by atoms with Crippen LogP contribution in [0.25, 0.3) is 0 Å². The lowest BCUT2D eigenvalue weighted by molar-refractivity contribution is -0.410. The first kappa shape index (κ1) is 53.4. The minimum absolute atomic E-state index is 0.307. The molecule has 0 aliphatic heterocycles. The maximum absolute atomic E-state index is 11.5. The van der Waals surface area contributed by atoms with E-state index >= 15 is 0 Å². The van der Waals surface area contributed by atoms with Gasteiger partial charge in [0.05, 0.1) is 39.1 Å². The Balaban J connectivity index is 0. The molecule has 0 atom stereocenters. The molecule has 312 valence electrons. The molecule has 0 spiro atoms. The number of rotatable bonds is 10. The van der Waals surface area contributed by atoms with Gasteiger partial charge in [-0.1, -0.05) is 80.6 Å². The van der Waals surface area contributed by atoms with Crippen LogP contribution in [0.2, 0.25) is 0 Å². The summed E-state index contributed by atoms with van der Waals surface area (Å²) in [5.74, 6) is -0.758. The summed E-state index contributed by atoms with van der Waals surface area (Å²) in [5.41, 5.74) is 0.303. The summed E-state index contributed by atoms with van der Waals surface area (Å²) in [6.07, 6.45) is 1.62. The molecule has 3 N–H and O–H groups in total. The second kappa shape index (κ2) is 26.2. The Morgan fingerprint density at radius 1 is 0.491 bits per heavy atom. The zero-order valence-corrected chi connectivity index (χ0v) is 35.7. The average Bonchev–Trinajstić information content (AvgIpc) is 3.13. The van der Waals surface area contributed by atoms with Gasteiger partial charge in [-0.2, -0.15) is 0 Å². The van der Waals surface area contributed by atoms with E-state index in [-0.39, 0.29) is 22.4 Å². The Hall–Kier alpha value is -3.72. The van der Waals surface area contributed by atoms with Gasteiger partial charge in [-0.3, -0.25) is 15.8 Å². The molecule has 0 saturated carbocycles. The van der Waals surface area contributed by atoms with Crippen molar-refractivity contribution in [1.82, 2.24) is 0 Å². The van der Waals surface area contributed by atoms with E-state index in [1.165, 1.54) is 5.56 Å². The molecule has 0 fully saturated rings. The molecule has 3 aromatic carbocycles. The first-order valence-corrected chi connectivity index (χ1v) is 18.1. The van der Waals surface area contributed by atoms with Gasteiger partial charge in [-0.25, -0.2) is 43.8 Å². The maximum atomic E-state index is 11.5. The summed E-state index contributed by atoms with van der Waals surface area (Å²) in [6.45, 7) is 29.6. The molecule has 55 heavy (non-hydrogen) atoms. The molecule has 0 radical (unpaired) electrons. The summed E-state index contributed by atoms with van der Waals surface area (Å²) < 4.78 is 0. The van der Waals surface area contributed by atoms with Gasteiger partial charge in [0.1, 0.15) is 0 Å². The van der Waals surface area contributed by atoms with Crippen molar-refractivity contribution in [2.24, 2.45) is 0 Å². The zero-order valence-electron chi connectivity index (χ0n) is 35.7. The first-order valence-electron chi connectivity index (χ1n) is 18.1. The van der Waals surface area contributed by atoms with Crippen molar-refractivity contribution in [3.8, 4) is 0 Å². The monoisotopic (exact) mass is 776 g/mol. The molecule has 0 aliphatic carbocycles. The first-order chi connectivity index (χ1) is 25.3. The number of carbonyl (C=O) groups excluding carboxylic acids is 2. The Kier molecular flexibility index (Phi) is 25.4. The molecule has 0 aliphatic rings. The third-order valence-corrected chi connectivity index (χ3v) is 6.32. The van der Waals surface area contributed by atoms with Crippen molar-refractivity contribution in [2.75, 3.05) is 0 Å². The molecule has 12 heteroatoms. The number of carbonyl (C=O) groups is 2. The summed E-state index contributed by atoms with van der Waals surface area (Å²) in [5, 5.41) is 19.9. The largest absolute Gasteiger partial charge is 0.386 e. The fraction of sp³-hybridized carbons (Fsp3) is 0.535. The SMILES string of the molecule is CC(C)(C)OO.CC(C)(C)OOC(C)(C)CCC(C)(C)OOC(C)(C)C.CC(C)c1ccccc1.O=C(OOC(=O)c1ccccc1)c1ccccc1.OO. The molecule has 3 rings (SSSR count). The smallest absolute Gasteiger partial charge is 0.255 e. The van der Waals surface area contributed by atoms with Gasteiger partial charge in [0.15, 0.2) is 0 Å². The Bertz CT molecular complexity index is 1320. The van der Waals surface area contributed by atoms with Crippen molar-refractivity contribution < 1.29 is 59.6 Å². The normalized spacial score (nSPS) is 11.5. The Morgan fingerprint density at radius 2 is 0.764 bits per heavy atom. The van der Waals surface area contributed by atoms with Crippen LogP contribution in [-0.4, -0.2) is 55.7 Å². The molecule has 3 aromatic rings. The van der Waals surface area contributed by atoms with E-state index in [2.05, 4.69) is 52.8 Å².